The Balaban J connectivity index is 1.62. The van der Waals surface area contributed by atoms with E-state index in [9.17, 15) is 9.59 Å². The van der Waals surface area contributed by atoms with Gasteiger partial charge < -0.3 is 25.1 Å². The van der Waals surface area contributed by atoms with Crippen LogP contribution in [0.4, 0.5) is 0 Å². The van der Waals surface area contributed by atoms with Gasteiger partial charge in [0, 0.05) is 31.7 Å². The summed E-state index contributed by atoms with van der Waals surface area (Å²) in [5, 5.41) is 2.80. The number of hydrogen-bond donors (Lipinski definition) is 2. The molecule has 1 saturated heterocycles. The van der Waals surface area contributed by atoms with Gasteiger partial charge in [-0.05, 0) is 31.0 Å². The minimum absolute atomic E-state index is 0.0509. The predicted octanol–water partition coefficient (Wildman–Crippen LogP) is 1.79. The molecule has 1 aliphatic heterocycles. The SMILES string of the molecule is NCCNC(=O)C1CCCN(C(=O)c2occc2COc2ccccc2)C1. The van der Waals surface area contributed by atoms with Crippen molar-refractivity contribution in [2.24, 2.45) is 11.7 Å². The monoisotopic (exact) mass is 371 g/mol. The van der Waals surface area contributed by atoms with Crippen molar-refractivity contribution in [2.45, 2.75) is 19.4 Å². The van der Waals surface area contributed by atoms with Gasteiger partial charge in [0.15, 0.2) is 5.76 Å². The average Bonchev–Trinajstić information content (AvgIpc) is 3.19. The molecule has 1 aromatic carbocycles. The van der Waals surface area contributed by atoms with E-state index in [0.717, 1.165) is 18.6 Å². The maximum Gasteiger partial charge on any atom is 0.289 e. The molecular weight excluding hydrogens is 346 g/mol. The lowest BCUT2D eigenvalue weighted by Crippen LogP contribution is -2.46. The summed E-state index contributed by atoms with van der Waals surface area (Å²) in [6.07, 6.45) is 3.04. The number of piperidine rings is 1. The molecule has 1 aliphatic rings. The van der Waals surface area contributed by atoms with Crippen LogP contribution in [0.1, 0.15) is 29.0 Å². The van der Waals surface area contributed by atoms with Gasteiger partial charge in [0.1, 0.15) is 12.4 Å². The molecule has 2 heterocycles. The standard InChI is InChI=1S/C20H25N3O4/c21-9-10-22-19(24)15-5-4-11-23(13-15)20(25)18-16(8-12-26-18)14-27-17-6-2-1-3-7-17/h1-3,6-8,12,15H,4-5,9-11,13-14,21H2,(H,22,24). The van der Waals surface area contributed by atoms with Gasteiger partial charge in [-0.1, -0.05) is 18.2 Å². The Morgan fingerprint density at radius 3 is 2.85 bits per heavy atom. The number of likely N-dealkylation sites (tertiary alicyclic amines) is 1. The number of ether oxygens (including phenoxy) is 1. The van der Waals surface area contributed by atoms with Crippen LogP contribution in [0.3, 0.4) is 0 Å². The van der Waals surface area contributed by atoms with E-state index in [4.69, 9.17) is 14.9 Å². The summed E-state index contributed by atoms with van der Waals surface area (Å²) in [6, 6.07) is 11.1. The van der Waals surface area contributed by atoms with E-state index >= 15 is 0 Å². The number of para-hydroxylation sites is 1. The van der Waals surface area contributed by atoms with Crippen molar-refractivity contribution in [3.05, 3.63) is 54.0 Å². The van der Waals surface area contributed by atoms with Gasteiger partial charge >= 0.3 is 0 Å². The minimum Gasteiger partial charge on any atom is -0.489 e. The molecule has 2 aromatic rings. The van der Waals surface area contributed by atoms with Gasteiger partial charge in [-0.25, -0.2) is 0 Å². The second-order valence-electron chi connectivity index (χ2n) is 6.55. The zero-order valence-corrected chi connectivity index (χ0v) is 15.2. The lowest BCUT2D eigenvalue weighted by atomic mass is 9.96. The molecule has 27 heavy (non-hydrogen) atoms. The van der Waals surface area contributed by atoms with Gasteiger partial charge in [0.05, 0.1) is 12.2 Å². The number of amides is 2. The number of hydrogen-bond acceptors (Lipinski definition) is 5. The van der Waals surface area contributed by atoms with Crippen LogP contribution in [0.2, 0.25) is 0 Å². The normalized spacial score (nSPS) is 16.8. The van der Waals surface area contributed by atoms with Crippen LogP contribution >= 0.6 is 0 Å². The Bertz CT molecular complexity index is 760. The van der Waals surface area contributed by atoms with Crippen molar-refractivity contribution >= 4 is 11.8 Å². The molecule has 7 nitrogen and oxygen atoms in total. The fraction of sp³-hybridized carbons (Fsp3) is 0.400. The van der Waals surface area contributed by atoms with Crippen molar-refractivity contribution in [1.82, 2.24) is 10.2 Å². The van der Waals surface area contributed by atoms with E-state index in [-0.39, 0.29) is 30.1 Å². The van der Waals surface area contributed by atoms with E-state index in [0.29, 0.717) is 31.7 Å². The Hall–Kier alpha value is -2.80. The van der Waals surface area contributed by atoms with Crippen molar-refractivity contribution in [2.75, 3.05) is 26.2 Å². The van der Waals surface area contributed by atoms with Crippen LogP contribution in [0.15, 0.2) is 47.1 Å². The highest BCUT2D eigenvalue weighted by atomic mass is 16.5. The van der Waals surface area contributed by atoms with Gasteiger partial charge in [-0.3, -0.25) is 9.59 Å². The summed E-state index contributed by atoms with van der Waals surface area (Å²) in [7, 11) is 0. The first-order valence-electron chi connectivity index (χ1n) is 9.20. The molecule has 0 bridgehead atoms. The number of rotatable bonds is 7. The van der Waals surface area contributed by atoms with Gasteiger partial charge in [-0.15, -0.1) is 0 Å². The maximum atomic E-state index is 12.9. The third kappa shape index (κ3) is 4.89. The number of nitrogens with one attached hydrogen (secondary N) is 1. The average molecular weight is 371 g/mol. The van der Waals surface area contributed by atoms with Crippen molar-refractivity contribution in [3.63, 3.8) is 0 Å². The molecule has 0 aliphatic carbocycles. The minimum atomic E-state index is -0.215. The van der Waals surface area contributed by atoms with Crippen LogP contribution in [0.5, 0.6) is 5.75 Å². The number of nitrogens with two attached hydrogens (primary N) is 1. The smallest absolute Gasteiger partial charge is 0.289 e. The highest BCUT2D eigenvalue weighted by molar-refractivity contribution is 5.93. The van der Waals surface area contributed by atoms with E-state index in [1.54, 1.807) is 11.0 Å². The third-order valence-electron chi connectivity index (χ3n) is 4.60. The van der Waals surface area contributed by atoms with Crippen molar-refractivity contribution in [3.8, 4) is 5.75 Å². The molecule has 0 spiro atoms. The van der Waals surface area contributed by atoms with E-state index in [2.05, 4.69) is 5.32 Å². The number of nitrogens with zero attached hydrogens (tertiary/aromatic N) is 1. The Labute approximate surface area is 158 Å². The third-order valence-corrected chi connectivity index (χ3v) is 4.60. The van der Waals surface area contributed by atoms with Crippen molar-refractivity contribution < 1.29 is 18.7 Å². The van der Waals surface area contributed by atoms with Gasteiger partial charge in [-0.2, -0.15) is 0 Å². The molecule has 7 heteroatoms. The number of carbonyl (C=O) groups is 2. The molecule has 0 radical (unpaired) electrons. The molecule has 1 unspecified atom stereocenters. The zero-order chi connectivity index (χ0) is 19.1. The molecule has 144 valence electrons. The highest BCUT2D eigenvalue weighted by Gasteiger charge is 2.31. The predicted molar refractivity (Wildman–Crippen MR) is 100 cm³/mol. The molecule has 1 fully saturated rings. The molecule has 1 atom stereocenters. The lowest BCUT2D eigenvalue weighted by molar-refractivity contribution is -0.126. The molecule has 2 amide bonds. The Morgan fingerprint density at radius 1 is 1.26 bits per heavy atom. The fourth-order valence-corrected chi connectivity index (χ4v) is 3.17. The van der Waals surface area contributed by atoms with Crippen LogP contribution in [-0.2, 0) is 11.4 Å². The summed E-state index contributed by atoms with van der Waals surface area (Å²) in [5.41, 5.74) is 6.12. The van der Waals surface area contributed by atoms with Crippen LogP contribution < -0.4 is 15.8 Å². The van der Waals surface area contributed by atoms with Crippen molar-refractivity contribution in [1.29, 1.82) is 0 Å². The largest absolute Gasteiger partial charge is 0.489 e. The van der Waals surface area contributed by atoms with Crippen LogP contribution in [0, 0.1) is 5.92 Å². The second-order valence-corrected chi connectivity index (χ2v) is 6.55. The number of furan rings is 1. The summed E-state index contributed by atoms with van der Waals surface area (Å²) < 4.78 is 11.2. The van der Waals surface area contributed by atoms with E-state index in [1.165, 1.54) is 6.26 Å². The quantitative estimate of drug-likeness (QED) is 0.773. The van der Waals surface area contributed by atoms with E-state index < -0.39 is 0 Å². The van der Waals surface area contributed by atoms with Crippen LogP contribution in [-0.4, -0.2) is 42.9 Å². The Morgan fingerprint density at radius 2 is 2.07 bits per heavy atom. The summed E-state index contributed by atoms with van der Waals surface area (Å²) >= 11 is 0. The molecular formula is C20H25N3O4. The molecule has 3 N–H and O–H groups in total. The maximum absolute atomic E-state index is 12.9. The highest BCUT2D eigenvalue weighted by Crippen LogP contribution is 2.22. The summed E-state index contributed by atoms with van der Waals surface area (Å²) in [6.45, 7) is 2.09. The van der Waals surface area contributed by atoms with Gasteiger partial charge in [0.25, 0.3) is 5.91 Å². The van der Waals surface area contributed by atoms with Crippen LogP contribution in [0.25, 0.3) is 0 Å². The topological polar surface area (TPSA) is 97.8 Å². The molecule has 1 aromatic heterocycles. The zero-order valence-electron chi connectivity index (χ0n) is 15.2. The lowest BCUT2D eigenvalue weighted by Gasteiger charge is -2.31. The first-order valence-corrected chi connectivity index (χ1v) is 9.20. The molecule has 0 saturated carbocycles. The summed E-state index contributed by atoms with van der Waals surface area (Å²) in [5.74, 6) is 0.530. The Kier molecular flexibility index (Phi) is 6.49. The fourth-order valence-electron chi connectivity index (χ4n) is 3.17. The second kappa shape index (κ2) is 9.23. The first-order chi connectivity index (χ1) is 13.2. The number of carbonyl (C=O) groups excluding carboxylic acids is 2. The molecule has 3 rings (SSSR count). The number of benzene rings is 1. The summed E-state index contributed by atoms with van der Waals surface area (Å²) in [4.78, 5) is 26.8. The first kappa shape index (κ1) is 19.0. The van der Waals surface area contributed by atoms with Gasteiger partial charge in [0.2, 0.25) is 5.91 Å². The van der Waals surface area contributed by atoms with E-state index in [1.807, 2.05) is 30.3 Å².